The number of nitrogens with zero attached hydrogens (tertiary/aromatic N) is 1. The Morgan fingerprint density at radius 2 is 2.29 bits per heavy atom. The third-order valence-electron chi connectivity index (χ3n) is 2.61. The third kappa shape index (κ3) is 3.80. The number of aromatic nitrogens is 1. The minimum absolute atomic E-state index is 0.0712. The highest BCUT2D eigenvalue weighted by Gasteiger charge is 2.16. The molecule has 0 aliphatic heterocycles. The standard InChI is InChI=1S/C12H19N3O2/c1-8(2)11(7-16)15-12(17)9-3-4-14-10(5-9)6-13/h3-5,8,11,16H,6-7,13H2,1-2H3,(H,15,17). The lowest BCUT2D eigenvalue weighted by atomic mass is 10.0. The number of amides is 1. The molecular weight excluding hydrogens is 218 g/mol. The van der Waals surface area contributed by atoms with E-state index in [4.69, 9.17) is 10.8 Å². The number of aliphatic hydroxyl groups excluding tert-OH is 1. The SMILES string of the molecule is CC(C)C(CO)NC(=O)c1ccnc(CN)c1. The van der Waals surface area contributed by atoms with Gasteiger partial charge in [-0.3, -0.25) is 9.78 Å². The topological polar surface area (TPSA) is 88.2 Å². The first-order valence-electron chi connectivity index (χ1n) is 5.65. The summed E-state index contributed by atoms with van der Waals surface area (Å²) in [4.78, 5) is 15.9. The number of pyridine rings is 1. The van der Waals surface area contributed by atoms with Crippen molar-refractivity contribution in [2.45, 2.75) is 26.4 Å². The average molecular weight is 237 g/mol. The molecule has 1 rings (SSSR count). The number of carbonyl (C=O) groups excluding carboxylic acids is 1. The molecule has 0 radical (unpaired) electrons. The molecule has 0 fully saturated rings. The number of rotatable bonds is 5. The van der Waals surface area contributed by atoms with E-state index in [9.17, 15) is 4.79 Å². The van der Waals surface area contributed by atoms with Gasteiger partial charge >= 0.3 is 0 Å². The van der Waals surface area contributed by atoms with Gasteiger partial charge in [-0.25, -0.2) is 0 Å². The van der Waals surface area contributed by atoms with Gasteiger partial charge in [0.05, 0.1) is 18.3 Å². The molecule has 0 spiro atoms. The van der Waals surface area contributed by atoms with Gasteiger partial charge in [-0.1, -0.05) is 13.8 Å². The smallest absolute Gasteiger partial charge is 0.251 e. The predicted molar refractivity (Wildman–Crippen MR) is 65.3 cm³/mol. The van der Waals surface area contributed by atoms with Gasteiger partial charge in [0.2, 0.25) is 0 Å². The number of nitrogens with one attached hydrogen (secondary N) is 1. The summed E-state index contributed by atoms with van der Waals surface area (Å²) in [7, 11) is 0. The van der Waals surface area contributed by atoms with E-state index in [1.54, 1.807) is 18.3 Å². The number of carbonyl (C=O) groups is 1. The Labute approximate surface area is 101 Å². The molecule has 1 aromatic rings. The van der Waals surface area contributed by atoms with Crippen molar-refractivity contribution in [2.75, 3.05) is 6.61 Å². The van der Waals surface area contributed by atoms with Crippen LogP contribution in [0, 0.1) is 5.92 Å². The van der Waals surface area contributed by atoms with Crippen molar-refractivity contribution in [1.82, 2.24) is 10.3 Å². The van der Waals surface area contributed by atoms with Crippen molar-refractivity contribution in [3.8, 4) is 0 Å². The fourth-order valence-electron chi connectivity index (χ4n) is 1.41. The van der Waals surface area contributed by atoms with Crippen LogP contribution in [0.15, 0.2) is 18.3 Å². The fourth-order valence-corrected chi connectivity index (χ4v) is 1.41. The minimum Gasteiger partial charge on any atom is -0.394 e. The van der Waals surface area contributed by atoms with Gasteiger partial charge in [-0.2, -0.15) is 0 Å². The first-order chi connectivity index (χ1) is 8.08. The molecule has 1 atom stereocenters. The molecule has 4 N–H and O–H groups in total. The van der Waals surface area contributed by atoms with Crippen LogP contribution in [0.2, 0.25) is 0 Å². The molecule has 0 saturated carbocycles. The maximum atomic E-state index is 11.9. The van der Waals surface area contributed by atoms with Crippen LogP contribution in [0.3, 0.4) is 0 Å². The van der Waals surface area contributed by atoms with Gasteiger partial charge in [0.25, 0.3) is 5.91 Å². The zero-order valence-corrected chi connectivity index (χ0v) is 10.2. The van der Waals surface area contributed by atoms with Gasteiger partial charge in [0, 0.05) is 18.3 Å². The van der Waals surface area contributed by atoms with Gasteiger partial charge in [0.1, 0.15) is 0 Å². The predicted octanol–water partition coefficient (Wildman–Crippen LogP) is 0.287. The largest absolute Gasteiger partial charge is 0.394 e. The van der Waals surface area contributed by atoms with Crippen molar-refractivity contribution in [1.29, 1.82) is 0 Å². The molecule has 1 amide bonds. The van der Waals surface area contributed by atoms with E-state index in [0.29, 0.717) is 17.8 Å². The van der Waals surface area contributed by atoms with Gasteiger partial charge in [0.15, 0.2) is 0 Å². The second-order valence-electron chi connectivity index (χ2n) is 4.25. The van der Waals surface area contributed by atoms with Crippen LogP contribution in [0.5, 0.6) is 0 Å². The molecular formula is C12H19N3O2. The molecule has 94 valence electrons. The highest BCUT2D eigenvalue weighted by atomic mass is 16.3. The molecule has 17 heavy (non-hydrogen) atoms. The quantitative estimate of drug-likeness (QED) is 0.686. The second-order valence-corrected chi connectivity index (χ2v) is 4.25. The van der Waals surface area contributed by atoms with Crippen molar-refractivity contribution in [3.05, 3.63) is 29.6 Å². The Hall–Kier alpha value is -1.46. The summed E-state index contributed by atoms with van der Waals surface area (Å²) in [6.45, 7) is 4.12. The Balaban J connectivity index is 2.75. The Morgan fingerprint density at radius 3 is 2.82 bits per heavy atom. The number of aliphatic hydroxyl groups is 1. The van der Waals surface area contributed by atoms with E-state index in [1.165, 1.54) is 0 Å². The van der Waals surface area contributed by atoms with Crippen LogP contribution in [-0.2, 0) is 6.54 Å². The Morgan fingerprint density at radius 1 is 1.59 bits per heavy atom. The third-order valence-corrected chi connectivity index (χ3v) is 2.61. The molecule has 5 nitrogen and oxygen atoms in total. The van der Waals surface area contributed by atoms with E-state index in [-0.39, 0.29) is 24.5 Å². The van der Waals surface area contributed by atoms with Gasteiger partial charge in [-0.15, -0.1) is 0 Å². The van der Waals surface area contributed by atoms with Gasteiger partial charge in [-0.05, 0) is 18.1 Å². The summed E-state index contributed by atoms with van der Waals surface area (Å²) in [6, 6.07) is 3.05. The first-order valence-corrected chi connectivity index (χ1v) is 5.65. The highest BCUT2D eigenvalue weighted by molar-refractivity contribution is 5.94. The van der Waals surface area contributed by atoms with E-state index < -0.39 is 0 Å². The molecule has 5 heteroatoms. The van der Waals surface area contributed by atoms with Crippen LogP contribution >= 0.6 is 0 Å². The Kier molecular flexibility index (Phi) is 5.06. The summed E-state index contributed by atoms with van der Waals surface area (Å²) in [5, 5.41) is 11.9. The van der Waals surface area contributed by atoms with E-state index in [0.717, 1.165) is 0 Å². The Bertz CT molecular complexity index is 380. The zero-order valence-electron chi connectivity index (χ0n) is 10.2. The van der Waals surface area contributed by atoms with E-state index in [2.05, 4.69) is 10.3 Å². The zero-order chi connectivity index (χ0) is 12.8. The van der Waals surface area contributed by atoms with E-state index >= 15 is 0 Å². The minimum atomic E-state index is -0.239. The molecule has 1 heterocycles. The molecule has 0 aliphatic carbocycles. The van der Waals surface area contributed by atoms with Gasteiger partial charge < -0.3 is 16.2 Å². The lowest BCUT2D eigenvalue weighted by molar-refractivity contribution is 0.0896. The lowest BCUT2D eigenvalue weighted by Crippen LogP contribution is -2.41. The maximum absolute atomic E-state index is 11.9. The van der Waals surface area contributed by atoms with Crippen molar-refractivity contribution >= 4 is 5.91 Å². The first kappa shape index (κ1) is 13.6. The summed E-state index contributed by atoms with van der Waals surface area (Å²) >= 11 is 0. The number of hydrogen-bond acceptors (Lipinski definition) is 4. The maximum Gasteiger partial charge on any atom is 0.251 e. The molecule has 0 aliphatic rings. The average Bonchev–Trinajstić information content (AvgIpc) is 2.35. The number of nitrogens with two attached hydrogens (primary N) is 1. The van der Waals surface area contributed by atoms with Crippen LogP contribution in [0.4, 0.5) is 0 Å². The summed E-state index contributed by atoms with van der Waals surface area (Å²) < 4.78 is 0. The summed E-state index contributed by atoms with van der Waals surface area (Å²) in [5.41, 5.74) is 6.64. The summed E-state index contributed by atoms with van der Waals surface area (Å²) in [5.74, 6) is -0.0328. The van der Waals surface area contributed by atoms with Crippen LogP contribution in [0.1, 0.15) is 29.9 Å². The molecule has 0 bridgehead atoms. The lowest BCUT2D eigenvalue weighted by Gasteiger charge is -2.19. The second kappa shape index (κ2) is 6.32. The van der Waals surface area contributed by atoms with Crippen molar-refractivity contribution < 1.29 is 9.90 Å². The molecule has 0 saturated heterocycles. The molecule has 0 aromatic carbocycles. The number of hydrogen-bond donors (Lipinski definition) is 3. The van der Waals surface area contributed by atoms with Crippen LogP contribution in [-0.4, -0.2) is 28.6 Å². The monoisotopic (exact) mass is 237 g/mol. The normalized spacial score (nSPS) is 12.5. The fraction of sp³-hybridized carbons (Fsp3) is 0.500. The summed E-state index contributed by atoms with van der Waals surface area (Å²) in [6.07, 6.45) is 1.56. The molecule has 1 unspecified atom stereocenters. The highest BCUT2D eigenvalue weighted by Crippen LogP contribution is 2.05. The van der Waals surface area contributed by atoms with E-state index in [1.807, 2.05) is 13.8 Å². The molecule has 1 aromatic heterocycles. The van der Waals surface area contributed by atoms with Crippen molar-refractivity contribution in [2.24, 2.45) is 11.7 Å². The van der Waals surface area contributed by atoms with Crippen LogP contribution < -0.4 is 11.1 Å². The van der Waals surface area contributed by atoms with Crippen molar-refractivity contribution in [3.63, 3.8) is 0 Å². The van der Waals surface area contributed by atoms with Crippen LogP contribution in [0.25, 0.3) is 0 Å².